The lowest BCUT2D eigenvalue weighted by atomic mass is 9.90. The first kappa shape index (κ1) is 16.2. The summed E-state index contributed by atoms with van der Waals surface area (Å²) in [4.78, 5) is -0.000471. The molecule has 104 valence electrons. The van der Waals surface area contributed by atoms with Crippen molar-refractivity contribution in [3.63, 3.8) is 0 Å². The highest BCUT2D eigenvalue weighted by Crippen LogP contribution is 2.35. The predicted molar refractivity (Wildman–Crippen MR) is 77.0 cm³/mol. The van der Waals surface area contributed by atoms with E-state index in [-0.39, 0.29) is 21.7 Å². The summed E-state index contributed by atoms with van der Waals surface area (Å²) in [5, 5.41) is 0. The van der Waals surface area contributed by atoms with E-state index < -0.39 is 15.6 Å². The molecule has 0 aromatic carbocycles. The van der Waals surface area contributed by atoms with Gasteiger partial charge in [0.25, 0.3) is 0 Å². The van der Waals surface area contributed by atoms with E-state index in [0.717, 1.165) is 11.3 Å². The fraction of sp³-hybridized carbons (Fsp3) is 0.600. The minimum absolute atomic E-state index is 0.000471. The molecule has 0 amide bonds. The second kappa shape index (κ2) is 5.64. The Morgan fingerprint density at radius 1 is 1.50 bits per heavy atom. The maximum absolute atomic E-state index is 12.2. The Hall–Kier alpha value is 0.150. The minimum atomic E-state index is -3.72. The molecule has 18 heavy (non-hydrogen) atoms. The average Bonchev–Trinajstić information content (AvgIpc) is 2.57. The number of nitrogens with two attached hydrogens (primary N) is 1. The molecule has 0 aliphatic rings. The van der Waals surface area contributed by atoms with Gasteiger partial charge < -0.3 is 5.73 Å². The van der Waals surface area contributed by atoms with Crippen molar-refractivity contribution in [2.45, 2.75) is 31.2 Å². The summed E-state index contributed by atoms with van der Waals surface area (Å²) < 4.78 is 27.6. The third kappa shape index (κ3) is 3.37. The molecule has 0 fully saturated rings. The number of sulfonamides is 1. The molecule has 0 aliphatic heterocycles. The minimum Gasteiger partial charge on any atom is -0.329 e. The third-order valence-corrected chi connectivity index (χ3v) is 6.35. The Kier molecular flexibility index (Phi) is 5.08. The van der Waals surface area contributed by atoms with Crippen molar-refractivity contribution in [1.82, 2.24) is 4.72 Å². The highest BCUT2D eigenvalue weighted by molar-refractivity contribution is 7.89. The van der Waals surface area contributed by atoms with Crippen LogP contribution in [0.4, 0.5) is 0 Å². The van der Waals surface area contributed by atoms with Gasteiger partial charge in [-0.2, -0.15) is 0 Å². The first-order valence-electron chi connectivity index (χ1n) is 5.31. The van der Waals surface area contributed by atoms with Crippen LogP contribution in [0.5, 0.6) is 0 Å². The molecule has 3 N–H and O–H groups in total. The van der Waals surface area contributed by atoms with Gasteiger partial charge in [-0.3, -0.25) is 0 Å². The van der Waals surface area contributed by atoms with Crippen LogP contribution in [-0.4, -0.2) is 20.5 Å². The SMILES string of the molecule is CC(C)C(C)(CN)NS(=O)(=O)c1cc(Cl)sc1Cl. The van der Waals surface area contributed by atoms with E-state index in [1.165, 1.54) is 6.07 Å². The summed E-state index contributed by atoms with van der Waals surface area (Å²) in [5.74, 6) is 0.0464. The van der Waals surface area contributed by atoms with Crippen LogP contribution in [0.1, 0.15) is 20.8 Å². The zero-order valence-electron chi connectivity index (χ0n) is 10.3. The molecule has 1 atom stereocenters. The van der Waals surface area contributed by atoms with Crippen molar-refractivity contribution in [1.29, 1.82) is 0 Å². The van der Waals surface area contributed by atoms with Crippen LogP contribution >= 0.6 is 34.5 Å². The molecule has 0 radical (unpaired) electrons. The lowest BCUT2D eigenvalue weighted by Crippen LogP contribution is -2.54. The van der Waals surface area contributed by atoms with E-state index in [1.807, 2.05) is 13.8 Å². The van der Waals surface area contributed by atoms with Gasteiger partial charge in [0.05, 0.1) is 4.34 Å². The Bertz CT molecular complexity index is 528. The molecule has 1 heterocycles. The van der Waals surface area contributed by atoms with Gasteiger partial charge in [0, 0.05) is 12.1 Å². The lowest BCUT2D eigenvalue weighted by molar-refractivity contribution is 0.315. The quantitative estimate of drug-likeness (QED) is 0.871. The molecule has 0 spiro atoms. The summed E-state index contributed by atoms with van der Waals surface area (Å²) in [6, 6.07) is 1.34. The first-order chi connectivity index (χ1) is 8.12. The smallest absolute Gasteiger partial charge is 0.243 e. The average molecular weight is 331 g/mol. The molecular formula is C10H16Cl2N2O2S2. The van der Waals surface area contributed by atoms with E-state index in [0.29, 0.717) is 4.34 Å². The molecule has 0 saturated carbocycles. The summed E-state index contributed by atoms with van der Waals surface area (Å²) in [6.07, 6.45) is 0. The number of rotatable bonds is 5. The molecule has 1 aromatic rings. The molecule has 0 saturated heterocycles. The molecule has 1 unspecified atom stereocenters. The molecule has 4 nitrogen and oxygen atoms in total. The highest BCUT2D eigenvalue weighted by Gasteiger charge is 2.34. The van der Waals surface area contributed by atoms with Crippen molar-refractivity contribution >= 4 is 44.6 Å². The molecule has 0 bridgehead atoms. The van der Waals surface area contributed by atoms with Gasteiger partial charge >= 0.3 is 0 Å². The normalized spacial score (nSPS) is 15.9. The largest absolute Gasteiger partial charge is 0.329 e. The predicted octanol–water partition coefficient (Wildman–Crippen LogP) is 2.71. The zero-order valence-corrected chi connectivity index (χ0v) is 13.5. The topological polar surface area (TPSA) is 72.2 Å². The van der Waals surface area contributed by atoms with Crippen LogP contribution in [0, 0.1) is 5.92 Å². The van der Waals surface area contributed by atoms with Crippen LogP contribution in [0.3, 0.4) is 0 Å². The Morgan fingerprint density at radius 3 is 2.39 bits per heavy atom. The van der Waals surface area contributed by atoms with Crippen LogP contribution < -0.4 is 10.5 Å². The third-order valence-electron chi connectivity index (χ3n) is 2.98. The van der Waals surface area contributed by atoms with Crippen molar-refractivity contribution in [3.8, 4) is 0 Å². The van der Waals surface area contributed by atoms with E-state index in [9.17, 15) is 8.42 Å². The summed E-state index contributed by atoms with van der Waals surface area (Å²) in [6.45, 7) is 5.76. The van der Waals surface area contributed by atoms with E-state index in [2.05, 4.69) is 4.72 Å². The first-order valence-corrected chi connectivity index (χ1v) is 8.37. The second-order valence-corrected chi connectivity index (χ2v) is 8.51. The van der Waals surface area contributed by atoms with Crippen LogP contribution in [0.2, 0.25) is 8.67 Å². The molecule has 8 heteroatoms. The van der Waals surface area contributed by atoms with Crippen LogP contribution in [0.25, 0.3) is 0 Å². The summed E-state index contributed by atoms with van der Waals surface area (Å²) in [7, 11) is -3.72. The van der Waals surface area contributed by atoms with E-state index in [4.69, 9.17) is 28.9 Å². The Labute approximate surface area is 122 Å². The van der Waals surface area contributed by atoms with Gasteiger partial charge in [0.15, 0.2) is 0 Å². The van der Waals surface area contributed by atoms with E-state index in [1.54, 1.807) is 6.92 Å². The number of halogens is 2. The highest BCUT2D eigenvalue weighted by atomic mass is 35.5. The second-order valence-electron chi connectivity index (χ2n) is 4.57. The van der Waals surface area contributed by atoms with Gasteiger partial charge in [0.2, 0.25) is 10.0 Å². The fourth-order valence-corrected chi connectivity index (χ4v) is 4.96. The van der Waals surface area contributed by atoms with Crippen LogP contribution in [0.15, 0.2) is 11.0 Å². The molecule has 1 rings (SSSR count). The number of nitrogens with one attached hydrogen (secondary N) is 1. The van der Waals surface area contributed by atoms with Crippen molar-refractivity contribution in [2.24, 2.45) is 11.7 Å². The van der Waals surface area contributed by atoms with E-state index >= 15 is 0 Å². The van der Waals surface area contributed by atoms with Crippen LogP contribution in [-0.2, 0) is 10.0 Å². The molecule has 1 aromatic heterocycles. The number of hydrogen-bond donors (Lipinski definition) is 2. The maximum atomic E-state index is 12.2. The van der Waals surface area contributed by atoms with Gasteiger partial charge in [-0.05, 0) is 18.9 Å². The lowest BCUT2D eigenvalue weighted by Gasteiger charge is -2.32. The fourth-order valence-electron chi connectivity index (χ4n) is 1.27. The maximum Gasteiger partial charge on any atom is 0.243 e. The van der Waals surface area contributed by atoms with Gasteiger partial charge in [-0.1, -0.05) is 37.0 Å². The number of hydrogen-bond acceptors (Lipinski definition) is 4. The zero-order chi connectivity index (χ0) is 14.1. The van der Waals surface area contributed by atoms with Gasteiger partial charge in [-0.15, -0.1) is 11.3 Å². The van der Waals surface area contributed by atoms with Crippen molar-refractivity contribution < 1.29 is 8.42 Å². The number of thiophene rings is 1. The summed E-state index contributed by atoms with van der Waals surface area (Å²) >= 11 is 12.6. The monoisotopic (exact) mass is 330 g/mol. The Balaban J connectivity index is 3.13. The Morgan fingerprint density at radius 2 is 2.06 bits per heavy atom. The standard InChI is InChI=1S/C10H16Cl2N2O2S2/c1-6(2)10(3,5-13)14-18(15,16)7-4-8(11)17-9(7)12/h4,6,14H,5,13H2,1-3H3. The van der Waals surface area contributed by atoms with Gasteiger partial charge in [-0.25, -0.2) is 13.1 Å². The van der Waals surface area contributed by atoms with Crippen molar-refractivity contribution in [2.75, 3.05) is 6.54 Å². The molecule has 0 aliphatic carbocycles. The van der Waals surface area contributed by atoms with Crippen molar-refractivity contribution in [3.05, 3.63) is 14.7 Å². The molecular weight excluding hydrogens is 315 g/mol. The summed E-state index contributed by atoms with van der Waals surface area (Å²) in [5.41, 5.74) is 4.93. The van der Waals surface area contributed by atoms with Gasteiger partial charge in [0.1, 0.15) is 9.23 Å².